The van der Waals surface area contributed by atoms with Gasteiger partial charge in [-0.1, -0.05) is 36.4 Å². The maximum Gasteiger partial charge on any atom is 0.0785 e. The second-order valence-electron chi connectivity index (χ2n) is 4.27. The normalized spacial score (nSPS) is 27.7. The summed E-state index contributed by atoms with van der Waals surface area (Å²) < 4.78 is 0. The number of aromatic nitrogens is 1. The molecule has 2 atom stereocenters. The number of halogens is 1. The molecule has 16 heavy (non-hydrogen) atoms. The van der Waals surface area contributed by atoms with Gasteiger partial charge in [0.15, 0.2) is 0 Å². The predicted molar refractivity (Wildman–Crippen MR) is 65.6 cm³/mol. The van der Waals surface area contributed by atoms with E-state index in [1.807, 2.05) is 18.3 Å². The van der Waals surface area contributed by atoms with Crippen LogP contribution in [-0.4, -0.2) is 4.98 Å². The fraction of sp³-hybridized carbons (Fsp3) is 0.214. The lowest BCUT2D eigenvalue weighted by atomic mass is 10.1. The summed E-state index contributed by atoms with van der Waals surface area (Å²) in [6.07, 6.45) is 4.66. The third kappa shape index (κ3) is 1.52. The number of nitrogens with zero attached hydrogens (tertiary/aromatic N) is 1. The van der Waals surface area contributed by atoms with Crippen LogP contribution < -0.4 is 0 Å². The van der Waals surface area contributed by atoms with Crippen molar-refractivity contribution >= 4 is 11.6 Å². The number of alkyl halides is 1. The average molecular weight is 230 g/mol. The van der Waals surface area contributed by atoms with Crippen molar-refractivity contribution in [2.75, 3.05) is 0 Å². The van der Waals surface area contributed by atoms with E-state index in [0.29, 0.717) is 5.92 Å². The summed E-state index contributed by atoms with van der Waals surface area (Å²) in [4.78, 5) is 3.91. The van der Waals surface area contributed by atoms with Gasteiger partial charge in [-0.15, -0.1) is 11.6 Å². The molecule has 1 aromatic heterocycles. The van der Waals surface area contributed by atoms with Crippen LogP contribution in [0.2, 0.25) is 0 Å². The monoisotopic (exact) mass is 229 g/mol. The summed E-state index contributed by atoms with van der Waals surface area (Å²) in [5, 5.41) is 0. The first-order valence-electron chi connectivity index (χ1n) is 5.45. The smallest absolute Gasteiger partial charge is 0.0785 e. The molecule has 2 heteroatoms. The van der Waals surface area contributed by atoms with Gasteiger partial charge >= 0.3 is 0 Å². The van der Waals surface area contributed by atoms with Crippen molar-refractivity contribution in [1.29, 1.82) is 0 Å². The molecule has 1 aromatic carbocycles. The minimum Gasteiger partial charge on any atom is -0.264 e. The van der Waals surface area contributed by atoms with Crippen molar-refractivity contribution in [1.82, 2.24) is 4.98 Å². The van der Waals surface area contributed by atoms with Crippen molar-refractivity contribution in [3.8, 4) is 0 Å². The predicted octanol–water partition coefficient (Wildman–Crippen LogP) is 3.70. The summed E-state index contributed by atoms with van der Waals surface area (Å²) in [6.45, 7) is 0. The lowest BCUT2D eigenvalue weighted by Crippen LogP contribution is -2.00. The van der Waals surface area contributed by atoms with Crippen molar-refractivity contribution in [2.45, 2.75) is 17.2 Å². The van der Waals surface area contributed by atoms with Crippen LogP contribution >= 0.6 is 11.6 Å². The highest BCUT2D eigenvalue weighted by Crippen LogP contribution is 2.63. The number of pyridine rings is 1. The molecular formula is C14H12ClN. The molecule has 3 rings (SSSR count). The topological polar surface area (TPSA) is 12.9 Å². The standard InChI is InChI=1S/C14H12ClN/c15-14(12-7-4-8-16-10-12)9-13(14)11-5-2-1-3-6-11/h1-8,10,13H,9H2. The fourth-order valence-corrected chi connectivity index (χ4v) is 2.63. The second-order valence-corrected chi connectivity index (χ2v) is 4.95. The zero-order valence-corrected chi connectivity index (χ0v) is 9.56. The highest BCUT2D eigenvalue weighted by Gasteiger charge is 2.54. The molecule has 1 aliphatic rings. The third-order valence-electron chi connectivity index (χ3n) is 3.24. The Labute approximate surface area is 100 Å². The van der Waals surface area contributed by atoms with Crippen LogP contribution in [0, 0.1) is 0 Å². The summed E-state index contributed by atoms with van der Waals surface area (Å²) >= 11 is 6.63. The Kier molecular flexibility index (Phi) is 2.22. The fourth-order valence-electron chi connectivity index (χ4n) is 2.23. The van der Waals surface area contributed by atoms with Gasteiger partial charge in [0.2, 0.25) is 0 Å². The van der Waals surface area contributed by atoms with Crippen LogP contribution in [0.15, 0.2) is 54.9 Å². The van der Waals surface area contributed by atoms with E-state index in [2.05, 4.69) is 35.3 Å². The SMILES string of the molecule is ClC1(c2cccnc2)CC1c1ccccc1. The minimum absolute atomic E-state index is 0.227. The lowest BCUT2D eigenvalue weighted by Gasteiger charge is -2.08. The molecule has 2 aromatic rings. The van der Waals surface area contributed by atoms with Crippen LogP contribution in [0.4, 0.5) is 0 Å². The van der Waals surface area contributed by atoms with Crippen molar-refractivity contribution < 1.29 is 0 Å². The quantitative estimate of drug-likeness (QED) is 0.716. The first-order valence-corrected chi connectivity index (χ1v) is 5.83. The maximum absolute atomic E-state index is 6.63. The third-order valence-corrected chi connectivity index (χ3v) is 3.87. The van der Waals surface area contributed by atoms with Crippen LogP contribution in [0.3, 0.4) is 0 Å². The summed E-state index contributed by atoms with van der Waals surface area (Å²) in [6, 6.07) is 14.5. The van der Waals surface area contributed by atoms with E-state index >= 15 is 0 Å². The van der Waals surface area contributed by atoms with E-state index in [0.717, 1.165) is 12.0 Å². The molecular weight excluding hydrogens is 218 g/mol. The minimum atomic E-state index is -0.227. The number of rotatable bonds is 2. The molecule has 1 heterocycles. The zero-order valence-electron chi connectivity index (χ0n) is 8.81. The highest BCUT2D eigenvalue weighted by atomic mass is 35.5. The Morgan fingerprint density at radius 1 is 1.12 bits per heavy atom. The molecule has 0 spiro atoms. The van der Waals surface area contributed by atoms with Gasteiger partial charge in [0.1, 0.15) is 0 Å². The number of benzene rings is 1. The van der Waals surface area contributed by atoms with Crippen molar-refractivity contribution in [3.05, 3.63) is 66.0 Å². The van der Waals surface area contributed by atoms with E-state index in [-0.39, 0.29) is 4.87 Å². The average Bonchev–Trinajstić information content (AvgIpc) is 3.06. The Hall–Kier alpha value is -1.34. The van der Waals surface area contributed by atoms with Crippen molar-refractivity contribution in [3.63, 3.8) is 0 Å². The highest BCUT2D eigenvalue weighted by molar-refractivity contribution is 6.26. The summed E-state index contributed by atoms with van der Waals surface area (Å²) in [5.74, 6) is 0.430. The Morgan fingerprint density at radius 2 is 1.94 bits per heavy atom. The zero-order chi connectivity index (χ0) is 11.0. The molecule has 80 valence electrons. The largest absolute Gasteiger partial charge is 0.264 e. The van der Waals surface area contributed by atoms with Crippen molar-refractivity contribution in [2.24, 2.45) is 0 Å². The van der Waals surface area contributed by atoms with Gasteiger partial charge in [0, 0.05) is 18.3 Å². The molecule has 1 nitrogen and oxygen atoms in total. The molecule has 0 aliphatic heterocycles. The van der Waals surface area contributed by atoms with E-state index in [1.165, 1.54) is 5.56 Å². The van der Waals surface area contributed by atoms with Crippen LogP contribution in [0.1, 0.15) is 23.5 Å². The summed E-state index contributed by atoms with van der Waals surface area (Å²) in [5.41, 5.74) is 2.45. The van der Waals surface area contributed by atoms with Gasteiger partial charge in [-0.25, -0.2) is 0 Å². The van der Waals surface area contributed by atoms with Gasteiger partial charge in [0.25, 0.3) is 0 Å². The van der Waals surface area contributed by atoms with Gasteiger partial charge in [-0.3, -0.25) is 4.98 Å². The molecule has 1 saturated carbocycles. The first kappa shape index (κ1) is 9.86. The maximum atomic E-state index is 6.63. The Bertz CT molecular complexity index is 483. The molecule has 0 saturated heterocycles. The number of hydrogen-bond donors (Lipinski definition) is 0. The number of hydrogen-bond acceptors (Lipinski definition) is 1. The molecule has 2 unspecified atom stereocenters. The van der Waals surface area contributed by atoms with Gasteiger partial charge in [0.05, 0.1) is 4.87 Å². The van der Waals surface area contributed by atoms with Gasteiger partial charge < -0.3 is 0 Å². The van der Waals surface area contributed by atoms with E-state index in [1.54, 1.807) is 6.20 Å². The van der Waals surface area contributed by atoms with Gasteiger partial charge in [-0.05, 0) is 23.6 Å². The van der Waals surface area contributed by atoms with E-state index in [9.17, 15) is 0 Å². The summed E-state index contributed by atoms with van der Waals surface area (Å²) in [7, 11) is 0. The van der Waals surface area contributed by atoms with Crippen LogP contribution in [0.5, 0.6) is 0 Å². The molecule has 1 fully saturated rings. The van der Waals surface area contributed by atoms with Gasteiger partial charge in [-0.2, -0.15) is 0 Å². The lowest BCUT2D eigenvalue weighted by molar-refractivity contribution is 0.930. The van der Waals surface area contributed by atoms with E-state index < -0.39 is 0 Å². The second kappa shape index (κ2) is 3.60. The molecule has 0 bridgehead atoms. The Morgan fingerprint density at radius 3 is 2.62 bits per heavy atom. The molecule has 0 N–H and O–H groups in total. The molecule has 0 amide bonds. The van der Waals surface area contributed by atoms with Crippen LogP contribution in [-0.2, 0) is 4.87 Å². The molecule has 0 radical (unpaired) electrons. The van der Waals surface area contributed by atoms with E-state index in [4.69, 9.17) is 11.6 Å². The van der Waals surface area contributed by atoms with Crippen LogP contribution in [0.25, 0.3) is 0 Å². The Balaban J connectivity index is 1.90. The molecule has 1 aliphatic carbocycles. The first-order chi connectivity index (χ1) is 7.81.